The topological polar surface area (TPSA) is 46.3 Å². The third kappa shape index (κ3) is 2.07. The number of amides is 1. The minimum atomic E-state index is 0.225. The Morgan fingerprint density at radius 2 is 1.89 bits per heavy atom. The molecule has 3 rings (SSSR count). The molecule has 3 aliphatic rings. The highest BCUT2D eigenvalue weighted by Crippen LogP contribution is 2.41. The second-order valence-corrected chi connectivity index (χ2v) is 6.71. The first kappa shape index (κ1) is 12.5. The first-order valence-corrected chi connectivity index (χ1v) is 7.74. The van der Waals surface area contributed by atoms with Crippen molar-refractivity contribution in [1.29, 1.82) is 0 Å². The zero-order valence-electron chi connectivity index (χ0n) is 11.5. The molecule has 3 heteroatoms. The van der Waals surface area contributed by atoms with Crippen LogP contribution in [0.5, 0.6) is 0 Å². The molecule has 1 aliphatic heterocycles. The lowest BCUT2D eigenvalue weighted by Gasteiger charge is -2.35. The van der Waals surface area contributed by atoms with E-state index >= 15 is 0 Å². The Hall–Kier alpha value is -0.570. The van der Waals surface area contributed by atoms with Crippen molar-refractivity contribution in [1.82, 2.24) is 4.90 Å². The fraction of sp³-hybridized carbons (Fsp3) is 0.933. The summed E-state index contributed by atoms with van der Waals surface area (Å²) >= 11 is 0. The van der Waals surface area contributed by atoms with Gasteiger partial charge in [-0.2, -0.15) is 0 Å². The van der Waals surface area contributed by atoms with Crippen molar-refractivity contribution >= 4 is 5.91 Å². The van der Waals surface area contributed by atoms with E-state index in [-0.39, 0.29) is 12.0 Å². The molecule has 0 aromatic heterocycles. The number of nitrogens with zero attached hydrogens (tertiary/aromatic N) is 1. The van der Waals surface area contributed by atoms with Gasteiger partial charge in [-0.3, -0.25) is 4.79 Å². The lowest BCUT2D eigenvalue weighted by atomic mass is 9.84. The number of hydrogen-bond acceptors (Lipinski definition) is 2. The van der Waals surface area contributed by atoms with Crippen LogP contribution < -0.4 is 5.73 Å². The summed E-state index contributed by atoms with van der Waals surface area (Å²) in [5.41, 5.74) is 5.96. The Morgan fingerprint density at radius 3 is 2.61 bits per heavy atom. The van der Waals surface area contributed by atoms with Gasteiger partial charge in [0.25, 0.3) is 0 Å². The Bertz CT molecular complexity index is 330. The van der Waals surface area contributed by atoms with Crippen LogP contribution in [0.2, 0.25) is 0 Å². The van der Waals surface area contributed by atoms with E-state index in [1.54, 1.807) is 0 Å². The highest BCUT2D eigenvalue weighted by Gasteiger charge is 2.44. The first-order valence-electron chi connectivity index (χ1n) is 7.74. The monoisotopic (exact) mass is 250 g/mol. The molecule has 3 nitrogen and oxygen atoms in total. The molecule has 1 amide bonds. The molecular formula is C15H26N2O. The molecule has 0 aromatic rings. The number of nitrogens with two attached hydrogens (primary N) is 1. The van der Waals surface area contributed by atoms with E-state index in [0.29, 0.717) is 18.0 Å². The molecule has 3 fully saturated rings. The summed E-state index contributed by atoms with van der Waals surface area (Å²) in [5.74, 6) is 1.43. The highest BCUT2D eigenvalue weighted by molar-refractivity contribution is 5.80. The van der Waals surface area contributed by atoms with Gasteiger partial charge >= 0.3 is 0 Å². The maximum absolute atomic E-state index is 12.7. The quantitative estimate of drug-likeness (QED) is 0.776. The third-order valence-corrected chi connectivity index (χ3v) is 5.42. The van der Waals surface area contributed by atoms with Crippen LogP contribution in [0.15, 0.2) is 0 Å². The van der Waals surface area contributed by atoms with E-state index in [4.69, 9.17) is 5.73 Å². The molecule has 2 aliphatic carbocycles. The predicted octanol–water partition coefficient (Wildman–Crippen LogP) is 2.29. The summed E-state index contributed by atoms with van der Waals surface area (Å²) in [6, 6.07) is 1.28. The molecule has 102 valence electrons. The predicted molar refractivity (Wildman–Crippen MR) is 72.0 cm³/mol. The van der Waals surface area contributed by atoms with Gasteiger partial charge in [0.05, 0.1) is 0 Å². The number of carbonyl (C=O) groups excluding carboxylic acids is 1. The zero-order valence-corrected chi connectivity index (χ0v) is 11.5. The van der Waals surface area contributed by atoms with E-state index in [2.05, 4.69) is 11.8 Å². The fourth-order valence-electron chi connectivity index (χ4n) is 4.54. The van der Waals surface area contributed by atoms with Crippen LogP contribution in [0.1, 0.15) is 58.3 Å². The van der Waals surface area contributed by atoms with Crippen molar-refractivity contribution in [3.05, 3.63) is 0 Å². The molecule has 1 heterocycles. The lowest BCUT2D eigenvalue weighted by Crippen LogP contribution is -2.45. The van der Waals surface area contributed by atoms with E-state index in [9.17, 15) is 4.79 Å². The standard InChI is InChI=1S/C15H26N2O/c1-10-8-11-4-2-3-5-14(11)17(10)15(18)12-6-7-13(16)9-12/h10-14H,2-9,16H2,1H3/t10-,11+,12+,13-,14+/m1/s1. The SMILES string of the molecule is C[C@@H]1C[C@@H]2CCCC[C@@H]2N1C(=O)[C@H]1CC[C@@H](N)C1. The Balaban J connectivity index is 1.72. The van der Waals surface area contributed by atoms with Gasteiger partial charge < -0.3 is 10.6 Å². The Kier molecular flexibility index (Phi) is 3.35. The minimum absolute atomic E-state index is 0.225. The second kappa shape index (κ2) is 4.84. The highest BCUT2D eigenvalue weighted by atomic mass is 16.2. The first-order chi connectivity index (χ1) is 8.66. The van der Waals surface area contributed by atoms with E-state index < -0.39 is 0 Å². The fourth-order valence-corrected chi connectivity index (χ4v) is 4.54. The summed E-state index contributed by atoms with van der Waals surface area (Å²) in [5, 5.41) is 0. The summed E-state index contributed by atoms with van der Waals surface area (Å²) in [7, 11) is 0. The zero-order chi connectivity index (χ0) is 12.7. The van der Waals surface area contributed by atoms with Crippen molar-refractivity contribution in [2.45, 2.75) is 76.4 Å². The van der Waals surface area contributed by atoms with Crippen LogP contribution in [0.3, 0.4) is 0 Å². The summed E-state index contributed by atoms with van der Waals surface area (Å²) < 4.78 is 0. The lowest BCUT2D eigenvalue weighted by molar-refractivity contribution is -0.138. The molecular weight excluding hydrogens is 224 g/mol. The van der Waals surface area contributed by atoms with Crippen LogP contribution in [0.25, 0.3) is 0 Å². The average molecular weight is 250 g/mol. The van der Waals surface area contributed by atoms with Gasteiger partial charge in [0.2, 0.25) is 5.91 Å². The van der Waals surface area contributed by atoms with Crippen LogP contribution in [-0.2, 0) is 4.79 Å². The molecule has 0 spiro atoms. The smallest absolute Gasteiger partial charge is 0.226 e. The van der Waals surface area contributed by atoms with E-state index in [0.717, 1.165) is 25.2 Å². The molecule has 18 heavy (non-hydrogen) atoms. The normalized spacial score (nSPS) is 44.1. The number of hydrogen-bond donors (Lipinski definition) is 1. The molecule has 0 unspecified atom stereocenters. The number of carbonyl (C=O) groups is 1. The molecule has 0 aromatic carbocycles. The number of rotatable bonds is 1. The van der Waals surface area contributed by atoms with Gasteiger partial charge in [-0.25, -0.2) is 0 Å². The second-order valence-electron chi connectivity index (χ2n) is 6.71. The van der Waals surface area contributed by atoms with Gasteiger partial charge in [-0.15, -0.1) is 0 Å². The van der Waals surface area contributed by atoms with Crippen molar-refractivity contribution in [2.24, 2.45) is 17.6 Å². The average Bonchev–Trinajstić information content (AvgIpc) is 2.91. The van der Waals surface area contributed by atoms with Crippen molar-refractivity contribution in [2.75, 3.05) is 0 Å². The molecule has 0 bridgehead atoms. The van der Waals surface area contributed by atoms with Crippen LogP contribution in [-0.4, -0.2) is 28.9 Å². The summed E-state index contributed by atoms with van der Waals surface area (Å²) in [6.07, 6.45) is 9.44. The van der Waals surface area contributed by atoms with Gasteiger partial charge in [0.15, 0.2) is 0 Å². The van der Waals surface area contributed by atoms with Crippen LogP contribution >= 0.6 is 0 Å². The van der Waals surface area contributed by atoms with Crippen molar-refractivity contribution in [3.63, 3.8) is 0 Å². The minimum Gasteiger partial charge on any atom is -0.336 e. The largest absolute Gasteiger partial charge is 0.336 e. The van der Waals surface area contributed by atoms with Crippen molar-refractivity contribution in [3.8, 4) is 0 Å². The van der Waals surface area contributed by atoms with Gasteiger partial charge in [-0.1, -0.05) is 12.8 Å². The number of likely N-dealkylation sites (tertiary alicyclic amines) is 1. The maximum atomic E-state index is 12.7. The van der Waals surface area contributed by atoms with Crippen LogP contribution in [0.4, 0.5) is 0 Å². The molecule has 0 radical (unpaired) electrons. The van der Waals surface area contributed by atoms with E-state index in [1.165, 1.54) is 32.1 Å². The van der Waals surface area contributed by atoms with E-state index in [1.807, 2.05) is 0 Å². The Labute approximate surface area is 110 Å². The molecule has 1 saturated heterocycles. The molecule has 2 N–H and O–H groups in total. The third-order valence-electron chi connectivity index (χ3n) is 5.42. The van der Waals surface area contributed by atoms with Gasteiger partial charge in [0, 0.05) is 24.0 Å². The van der Waals surface area contributed by atoms with Crippen LogP contribution in [0, 0.1) is 11.8 Å². The molecule has 5 atom stereocenters. The summed E-state index contributed by atoms with van der Waals surface area (Å²) in [4.78, 5) is 15.0. The number of fused-ring (bicyclic) bond motifs is 1. The summed E-state index contributed by atoms with van der Waals surface area (Å²) in [6.45, 7) is 2.24. The maximum Gasteiger partial charge on any atom is 0.226 e. The van der Waals surface area contributed by atoms with Gasteiger partial charge in [0.1, 0.15) is 0 Å². The Morgan fingerprint density at radius 1 is 1.11 bits per heavy atom. The van der Waals surface area contributed by atoms with Gasteiger partial charge in [-0.05, 0) is 51.4 Å². The van der Waals surface area contributed by atoms with Crippen molar-refractivity contribution < 1.29 is 4.79 Å². The molecule has 2 saturated carbocycles.